The van der Waals surface area contributed by atoms with Crippen LogP contribution in [0.3, 0.4) is 0 Å². The van der Waals surface area contributed by atoms with Crippen LogP contribution in [0.25, 0.3) is 0 Å². The minimum Gasteiger partial charge on any atom is -0.484 e. The van der Waals surface area contributed by atoms with Crippen LogP contribution in [0.4, 0.5) is 0 Å². The second-order valence-electron chi connectivity index (χ2n) is 4.08. The number of amides is 1. The Morgan fingerprint density at radius 3 is 2.82 bits per heavy atom. The van der Waals surface area contributed by atoms with E-state index in [0.717, 1.165) is 12.0 Å². The Morgan fingerprint density at radius 1 is 1.53 bits per heavy atom. The van der Waals surface area contributed by atoms with Crippen LogP contribution in [-0.4, -0.2) is 18.6 Å². The van der Waals surface area contributed by atoms with Crippen LogP contribution in [0.2, 0.25) is 5.02 Å². The molecule has 0 spiro atoms. The summed E-state index contributed by atoms with van der Waals surface area (Å²) in [5.74, 6) is 0.554. The summed E-state index contributed by atoms with van der Waals surface area (Å²) in [4.78, 5) is 11.5. The number of aryl methyl sites for hydroxylation is 1. The van der Waals surface area contributed by atoms with Crippen molar-refractivity contribution in [2.45, 2.75) is 33.2 Å². The van der Waals surface area contributed by atoms with Gasteiger partial charge in [-0.2, -0.15) is 0 Å². The zero-order valence-corrected chi connectivity index (χ0v) is 11.2. The highest BCUT2D eigenvalue weighted by Gasteiger charge is 2.06. The van der Waals surface area contributed by atoms with Crippen molar-refractivity contribution in [2.24, 2.45) is 0 Å². The van der Waals surface area contributed by atoms with Crippen LogP contribution in [0.1, 0.15) is 25.8 Å². The van der Waals surface area contributed by atoms with Crippen molar-refractivity contribution in [1.82, 2.24) is 5.32 Å². The highest BCUT2D eigenvalue weighted by Crippen LogP contribution is 2.20. The third-order valence-corrected chi connectivity index (χ3v) is 2.94. The van der Waals surface area contributed by atoms with E-state index in [4.69, 9.17) is 16.3 Å². The first-order chi connectivity index (χ1) is 8.02. The zero-order chi connectivity index (χ0) is 12.8. The van der Waals surface area contributed by atoms with Gasteiger partial charge in [-0.05, 0) is 44.0 Å². The number of halogens is 1. The van der Waals surface area contributed by atoms with E-state index in [9.17, 15) is 4.79 Å². The predicted octanol–water partition coefficient (Wildman–Crippen LogP) is 2.94. The lowest BCUT2D eigenvalue weighted by molar-refractivity contribution is -0.123. The number of nitrogens with one attached hydrogen (secondary N) is 1. The number of carbonyl (C=O) groups is 1. The average molecular weight is 256 g/mol. The number of hydrogen-bond acceptors (Lipinski definition) is 2. The number of carbonyl (C=O) groups excluding carboxylic acids is 1. The monoisotopic (exact) mass is 255 g/mol. The van der Waals surface area contributed by atoms with Crippen LogP contribution in [0.5, 0.6) is 5.75 Å². The van der Waals surface area contributed by atoms with Crippen molar-refractivity contribution in [1.29, 1.82) is 0 Å². The number of rotatable bonds is 5. The molecule has 0 aliphatic carbocycles. The van der Waals surface area contributed by atoms with E-state index in [1.807, 2.05) is 26.8 Å². The summed E-state index contributed by atoms with van der Waals surface area (Å²) in [7, 11) is 0. The molecule has 0 aliphatic rings. The summed E-state index contributed by atoms with van der Waals surface area (Å²) in [6.07, 6.45) is 0.909. The summed E-state index contributed by atoms with van der Waals surface area (Å²) in [5, 5.41) is 3.53. The lowest BCUT2D eigenvalue weighted by Crippen LogP contribution is -2.35. The molecular formula is C13H18ClNO2. The first kappa shape index (κ1) is 13.8. The number of ether oxygens (including phenoxy) is 1. The van der Waals surface area contributed by atoms with E-state index in [2.05, 4.69) is 5.32 Å². The molecule has 0 aliphatic heterocycles. The molecule has 0 unspecified atom stereocenters. The molecule has 1 atom stereocenters. The van der Waals surface area contributed by atoms with Crippen molar-refractivity contribution in [3.05, 3.63) is 28.8 Å². The average Bonchev–Trinajstić information content (AvgIpc) is 2.30. The van der Waals surface area contributed by atoms with Crippen molar-refractivity contribution >= 4 is 17.5 Å². The van der Waals surface area contributed by atoms with E-state index in [0.29, 0.717) is 10.8 Å². The molecule has 0 fully saturated rings. The molecule has 1 N–H and O–H groups in total. The largest absolute Gasteiger partial charge is 0.484 e. The number of hydrogen-bond donors (Lipinski definition) is 1. The molecule has 0 heterocycles. The zero-order valence-electron chi connectivity index (χ0n) is 10.4. The highest BCUT2D eigenvalue weighted by atomic mass is 35.5. The second-order valence-corrected chi connectivity index (χ2v) is 4.48. The molecule has 0 radical (unpaired) electrons. The van der Waals surface area contributed by atoms with Gasteiger partial charge in [-0.15, -0.1) is 0 Å². The van der Waals surface area contributed by atoms with Gasteiger partial charge in [0.1, 0.15) is 5.75 Å². The van der Waals surface area contributed by atoms with Crippen LogP contribution >= 0.6 is 11.6 Å². The number of benzene rings is 1. The summed E-state index contributed by atoms with van der Waals surface area (Å²) < 4.78 is 5.38. The second kappa shape index (κ2) is 6.50. The van der Waals surface area contributed by atoms with Crippen LogP contribution < -0.4 is 10.1 Å². The summed E-state index contributed by atoms with van der Waals surface area (Å²) in [6, 6.07) is 5.52. The molecule has 0 saturated carbocycles. The Balaban J connectivity index is 2.45. The summed E-state index contributed by atoms with van der Waals surface area (Å²) >= 11 is 5.90. The SMILES string of the molecule is CC[C@H](C)NC(=O)COc1ccc(Cl)c(C)c1. The molecule has 3 nitrogen and oxygen atoms in total. The Labute approximate surface area is 107 Å². The minimum atomic E-state index is -0.105. The molecule has 94 valence electrons. The molecule has 0 saturated heterocycles. The maximum atomic E-state index is 11.5. The molecule has 1 aromatic rings. The van der Waals surface area contributed by atoms with Gasteiger partial charge in [0.25, 0.3) is 5.91 Å². The molecule has 17 heavy (non-hydrogen) atoms. The highest BCUT2D eigenvalue weighted by molar-refractivity contribution is 6.31. The van der Waals surface area contributed by atoms with Gasteiger partial charge >= 0.3 is 0 Å². The van der Waals surface area contributed by atoms with Gasteiger partial charge in [0, 0.05) is 11.1 Å². The maximum Gasteiger partial charge on any atom is 0.258 e. The first-order valence-corrected chi connectivity index (χ1v) is 6.09. The van der Waals surface area contributed by atoms with Crippen molar-refractivity contribution in [2.75, 3.05) is 6.61 Å². The summed E-state index contributed by atoms with van der Waals surface area (Å²) in [6.45, 7) is 5.92. The van der Waals surface area contributed by atoms with Gasteiger partial charge in [-0.1, -0.05) is 18.5 Å². The Morgan fingerprint density at radius 2 is 2.24 bits per heavy atom. The molecule has 0 bridgehead atoms. The van der Waals surface area contributed by atoms with Crippen LogP contribution in [0.15, 0.2) is 18.2 Å². The lowest BCUT2D eigenvalue weighted by atomic mass is 10.2. The van der Waals surface area contributed by atoms with Gasteiger partial charge in [0.05, 0.1) is 0 Å². The predicted molar refractivity (Wildman–Crippen MR) is 69.6 cm³/mol. The molecule has 1 rings (SSSR count). The fourth-order valence-electron chi connectivity index (χ4n) is 1.27. The van der Waals surface area contributed by atoms with Gasteiger partial charge in [0.15, 0.2) is 6.61 Å². The fraction of sp³-hybridized carbons (Fsp3) is 0.462. The third-order valence-electron chi connectivity index (χ3n) is 2.52. The van der Waals surface area contributed by atoms with E-state index in [1.165, 1.54) is 0 Å². The van der Waals surface area contributed by atoms with E-state index in [1.54, 1.807) is 12.1 Å². The summed E-state index contributed by atoms with van der Waals surface area (Å²) in [5.41, 5.74) is 0.937. The van der Waals surface area contributed by atoms with Gasteiger partial charge in [-0.3, -0.25) is 4.79 Å². The third kappa shape index (κ3) is 4.65. The van der Waals surface area contributed by atoms with Crippen molar-refractivity contribution in [3.63, 3.8) is 0 Å². The van der Waals surface area contributed by atoms with Crippen LogP contribution in [0, 0.1) is 6.92 Å². The smallest absolute Gasteiger partial charge is 0.258 e. The Kier molecular flexibility index (Phi) is 5.29. The Hall–Kier alpha value is -1.22. The quantitative estimate of drug-likeness (QED) is 0.879. The normalized spacial score (nSPS) is 12.0. The molecule has 1 amide bonds. The van der Waals surface area contributed by atoms with Gasteiger partial charge in [-0.25, -0.2) is 0 Å². The fourth-order valence-corrected chi connectivity index (χ4v) is 1.39. The van der Waals surface area contributed by atoms with Crippen molar-refractivity contribution < 1.29 is 9.53 Å². The lowest BCUT2D eigenvalue weighted by Gasteiger charge is -2.12. The van der Waals surface area contributed by atoms with E-state index in [-0.39, 0.29) is 18.6 Å². The van der Waals surface area contributed by atoms with Crippen LogP contribution in [-0.2, 0) is 4.79 Å². The molecule has 4 heteroatoms. The first-order valence-electron chi connectivity index (χ1n) is 5.71. The standard InChI is InChI=1S/C13H18ClNO2/c1-4-10(3)15-13(16)8-17-11-5-6-12(14)9(2)7-11/h5-7,10H,4,8H2,1-3H3,(H,15,16)/t10-/m0/s1. The van der Waals surface area contributed by atoms with Gasteiger partial charge < -0.3 is 10.1 Å². The molecular weight excluding hydrogens is 238 g/mol. The molecule has 1 aromatic carbocycles. The minimum absolute atomic E-state index is 0.0331. The topological polar surface area (TPSA) is 38.3 Å². The van der Waals surface area contributed by atoms with Gasteiger partial charge in [0.2, 0.25) is 0 Å². The molecule has 0 aromatic heterocycles. The van der Waals surface area contributed by atoms with E-state index >= 15 is 0 Å². The van der Waals surface area contributed by atoms with Crippen molar-refractivity contribution in [3.8, 4) is 5.75 Å². The maximum absolute atomic E-state index is 11.5. The van der Waals surface area contributed by atoms with E-state index < -0.39 is 0 Å². The Bertz CT molecular complexity index is 393.